The second kappa shape index (κ2) is 4.30. The Labute approximate surface area is 93.4 Å². The summed E-state index contributed by atoms with van der Waals surface area (Å²) in [5, 5.41) is 0. The minimum Gasteiger partial charge on any atom is -0.495 e. The molecule has 7 heteroatoms. The highest BCUT2D eigenvalue weighted by Crippen LogP contribution is 2.32. The van der Waals surface area contributed by atoms with Crippen LogP contribution in [0, 0.1) is 0 Å². The maximum Gasteiger partial charge on any atom is 0.297 e. The van der Waals surface area contributed by atoms with Gasteiger partial charge in [0.15, 0.2) is 0 Å². The molecule has 0 amide bonds. The summed E-state index contributed by atoms with van der Waals surface area (Å²) in [6.45, 7) is 0. The topological polar surface area (TPSA) is 89.6 Å². The van der Waals surface area contributed by atoms with Gasteiger partial charge in [0.25, 0.3) is 10.1 Å². The molecule has 0 fully saturated rings. The Morgan fingerprint density at radius 1 is 1.53 bits per heavy atom. The average Bonchev–Trinajstić information content (AvgIpc) is 2.15. The molecule has 0 aliphatic rings. The largest absolute Gasteiger partial charge is 0.495 e. The van der Waals surface area contributed by atoms with E-state index in [1.54, 1.807) is 0 Å². The number of nitrogens with two attached hydrogens (primary N) is 1. The smallest absolute Gasteiger partial charge is 0.297 e. The first-order valence-electron chi connectivity index (χ1n) is 3.95. The number of methoxy groups -OCH3 is 1. The first-order chi connectivity index (χ1) is 6.91. The van der Waals surface area contributed by atoms with Crippen molar-refractivity contribution < 1.29 is 17.7 Å². The summed E-state index contributed by atoms with van der Waals surface area (Å²) in [7, 11) is -3.00. The van der Waals surface area contributed by atoms with Gasteiger partial charge in [-0.15, -0.1) is 0 Å². The molecular weight excluding hydrogens is 238 g/mol. The maximum absolute atomic E-state index is 11.1. The molecule has 0 radical (unpaired) electrons. The van der Waals surface area contributed by atoms with Gasteiger partial charge in [0.05, 0.1) is 12.8 Å². The van der Waals surface area contributed by atoms with Crippen LogP contribution in [0.5, 0.6) is 5.75 Å². The summed E-state index contributed by atoms with van der Waals surface area (Å²) >= 11 is 3.95. The minimum absolute atomic E-state index is 0.105. The number of nitrogen functional groups attached to an aromatic ring is 1. The fraction of sp³-hybridized carbons (Fsp3) is 0.250. The van der Waals surface area contributed by atoms with Gasteiger partial charge in [-0.25, -0.2) is 0 Å². The van der Waals surface area contributed by atoms with E-state index >= 15 is 0 Å². The molecule has 0 atom stereocenters. The Hall–Kier alpha value is -0.920. The number of thiol groups is 1. The molecule has 5 nitrogen and oxygen atoms in total. The molecule has 15 heavy (non-hydrogen) atoms. The highest BCUT2D eigenvalue weighted by atomic mass is 32.2. The van der Waals surface area contributed by atoms with Crippen LogP contribution in [0.25, 0.3) is 0 Å². The van der Waals surface area contributed by atoms with E-state index in [2.05, 4.69) is 12.6 Å². The van der Waals surface area contributed by atoms with Crippen molar-refractivity contribution in [2.45, 2.75) is 10.6 Å². The van der Waals surface area contributed by atoms with E-state index in [9.17, 15) is 8.42 Å². The number of hydrogen-bond acceptors (Lipinski definition) is 5. The van der Waals surface area contributed by atoms with Crippen LogP contribution in [0.15, 0.2) is 17.0 Å². The van der Waals surface area contributed by atoms with E-state index in [-0.39, 0.29) is 22.1 Å². The summed E-state index contributed by atoms with van der Waals surface area (Å²) in [5.41, 5.74) is 5.79. The van der Waals surface area contributed by atoms with E-state index in [1.807, 2.05) is 0 Å². The van der Waals surface area contributed by atoms with Crippen LogP contribution in [-0.4, -0.2) is 20.1 Å². The molecule has 0 unspecified atom stereocenters. The molecule has 1 rings (SSSR count). The molecule has 3 N–H and O–H groups in total. The van der Waals surface area contributed by atoms with Crippen molar-refractivity contribution in [1.82, 2.24) is 0 Å². The lowest BCUT2D eigenvalue weighted by Gasteiger charge is -2.11. The first-order valence-corrected chi connectivity index (χ1v) is 6.02. The molecule has 0 aliphatic carbocycles. The second-order valence-electron chi connectivity index (χ2n) is 2.80. The van der Waals surface area contributed by atoms with Gasteiger partial charge in [0, 0.05) is 5.75 Å². The van der Waals surface area contributed by atoms with Crippen LogP contribution >= 0.6 is 12.6 Å². The van der Waals surface area contributed by atoms with Crippen LogP contribution in [0.1, 0.15) is 5.56 Å². The van der Waals surface area contributed by atoms with Crippen LogP contribution in [-0.2, 0) is 15.9 Å². The van der Waals surface area contributed by atoms with Crippen LogP contribution in [0.3, 0.4) is 0 Å². The summed E-state index contributed by atoms with van der Waals surface area (Å²) in [5.74, 6) is 0.358. The first kappa shape index (κ1) is 12.2. The zero-order valence-corrected chi connectivity index (χ0v) is 9.68. The van der Waals surface area contributed by atoms with Gasteiger partial charge in [0.1, 0.15) is 10.6 Å². The summed E-state index contributed by atoms with van der Waals surface area (Å²) in [6, 6.07) is 3.01. The van der Waals surface area contributed by atoms with E-state index in [0.717, 1.165) is 0 Å². The third kappa shape index (κ3) is 2.36. The molecular formula is C8H11NO4S2. The number of hydrogen-bond donors (Lipinski definition) is 3. The van der Waals surface area contributed by atoms with Gasteiger partial charge in [-0.1, -0.05) is 6.07 Å². The Morgan fingerprint density at radius 3 is 2.53 bits per heavy atom. The van der Waals surface area contributed by atoms with Crippen molar-refractivity contribution >= 4 is 28.4 Å². The predicted molar refractivity (Wildman–Crippen MR) is 59.9 cm³/mol. The van der Waals surface area contributed by atoms with Gasteiger partial charge >= 0.3 is 0 Å². The lowest BCUT2D eigenvalue weighted by atomic mass is 10.2. The van der Waals surface area contributed by atoms with Crippen molar-refractivity contribution in [1.29, 1.82) is 0 Å². The standard InChI is InChI=1S/C8H11NO4S2/c1-13-6-3-2-5(4-14)8(7(6)9)15(10,11)12/h2-3,14H,4,9H2,1H3,(H,10,11,12). The molecule has 0 spiro atoms. The van der Waals surface area contributed by atoms with Crippen molar-refractivity contribution in [2.24, 2.45) is 0 Å². The Kier molecular flexibility index (Phi) is 3.48. The van der Waals surface area contributed by atoms with E-state index in [0.29, 0.717) is 5.56 Å². The molecule has 0 aliphatic heterocycles. The summed E-state index contributed by atoms with van der Waals surface area (Å²) < 4.78 is 36.0. The summed E-state index contributed by atoms with van der Waals surface area (Å²) in [4.78, 5) is -0.336. The van der Waals surface area contributed by atoms with Gasteiger partial charge in [-0.2, -0.15) is 21.0 Å². The molecule has 0 heterocycles. The molecule has 0 saturated heterocycles. The van der Waals surface area contributed by atoms with Crippen LogP contribution in [0.4, 0.5) is 5.69 Å². The number of anilines is 1. The van der Waals surface area contributed by atoms with Crippen molar-refractivity contribution in [3.05, 3.63) is 17.7 Å². The maximum atomic E-state index is 11.1. The van der Waals surface area contributed by atoms with Gasteiger partial charge < -0.3 is 10.5 Å². The van der Waals surface area contributed by atoms with Gasteiger partial charge in [-0.05, 0) is 11.6 Å². The lowest BCUT2D eigenvalue weighted by molar-refractivity contribution is 0.415. The monoisotopic (exact) mass is 249 g/mol. The van der Waals surface area contributed by atoms with E-state index in [4.69, 9.17) is 15.0 Å². The van der Waals surface area contributed by atoms with Gasteiger partial charge in [0.2, 0.25) is 0 Å². The minimum atomic E-state index is -4.36. The second-order valence-corrected chi connectivity index (χ2v) is 4.48. The Morgan fingerprint density at radius 2 is 2.13 bits per heavy atom. The zero-order valence-electron chi connectivity index (χ0n) is 7.97. The molecule has 84 valence electrons. The average molecular weight is 249 g/mol. The lowest BCUT2D eigenvalue weighted by Crippen LogP contribution is -2.08. The quantitative estimate of drug-likeness (QED) is 0.421. The van der Waals surface area contributed by atoms with Crippen molar-refractivity contribution in [2.75, 3.05) is 12.8 Å². The van der Waals surface area contributed by atoms with Crippen molar-refractivity contribution in [3.8, 4) is 5.75 Å². The number of ether oxygens (including phenoxy) is 1. The fourth-order valence-corrected chi connectivity index (χ4v) is 2.45. The highest BCUT2D eigenvalue weighted by Gasteiger charge is 2.21. The predicted octanol–water partition coefficient (Wildman–Crippen LogP) is 0.954. The SMILES string of the molecule is COc1ccc(CS)c(S(=O)(=O)O)c1N. The van der Waals surface area contributed by atoms with Crippen molar-refractivity contribution in [3.63, 3.8) is 0 Å². The summed E-state index contributed by atoms with van der Waals surface area (Å²) in [6.07, 6.45) is 0. The number of rotatable bonds is 3. The zero-order chi connectivity index (χ0) is 11.6. The number of benzene rings is 1. The highest BCUT2D eigenvalue weighted by molar-refractivity contribution is 7.86. The molecule has 0 bridgehead atoms. The van der Waals surface area contributed by atoms with E-state index < -0.39 is 10.1 Å². The third-order valence-electron chi connectivity index (χ3n) is 1.89. The molecule has 0 aromatic heterocycles. The normalized spacial score (nSPS) is 11.4. The molecule has 0 saturated carbocycles. The van der Waals surface area contributed by atoms with E-state index in [1.165, 1.54) is 19.2 Å². The fourth-order valence-electron chi connectivity index (χ4n) is 1.23. The van der Waals surface area contributed by atoms with Crippen LogP contribution < -0.4 is 10.5 Å². The molecule has 1 aromatic rings. The van der Waals surface area contributed by atoms with Crippen LogP contribution in [0.2, 0.25) is 0 Å². The Balaban J connectivity index is 3.58. The molecule has 1 aromatic carbocycles. The Bertz CT molecular complexity index is 470. The van der Waals surface area contributed by atoms with Gasteiger partial charge in [-0.3, -0.25) is 4.55 Å². The third-order valence-corrected chi connectivity index (χ3v) is 3.22.